The maximum absolute atomic E-state index is 12.3. The molecule has 3 aromatic rings. The molecule has 0 spiro atoms. The SMILES string of the molecule is CCOc1ccc(Br)cc1/C=N\NC(=O)c1ccc(OCc2ccccc2)cc1. The molecule has 0 aliphatic carbocycles. The highest BCUT2D eigenvalue weighted by Gasteiger charge is 2.06. The standard InChI is InChI=1S/C23H21BrN2O3/c1-2-28-22-13-10-20(24)14-19(22)15-25-26-23(27)18-8-11-21(12-9-18)29-16-17-6-4-3-5-7-17/h3-15H,2,16H2,1H3,(H,26,27)/b25-15-. The highest BCUT2D eigenvalue weighted by molar-refractivity contribution is 9.10. The fourth-order valence-corrected chi connectivity index (χ4v) is 2.95. The molecule has 0 aliphatic heterocycles. The second-order valence-corrected chi connectivity index (χ2v) is 7.03. The third kappa shape index (κ3) is 6.19. The molecule has 0 saturated heterocycles. The number of nitrogens with zero attached hydrogens (tertiary/aromatic N) is 1. The maximum Gasteiger partial charge on any atom is 0.271 e. The summed E-state index contributed by atoms with van der Waals surface area (Å²) in [7, 11) is 0. The van der Waals surface area contributed by atoms with Crippen LogP contribution in [0, 0.1) is 0 Å². The molecule has 5 nitrogen and oxygen atoms in total. The Balaban J connectivity index is 1.57. The van der Waals surface area contributed by atoms with E-state index in [-0.39, 0.29) is 5.91 Å². The summed E-state index contributed by atoms with van der Waals surface area (Å²) in [6, 6.07) is 22.5. The van der Waals surface area contributed by atoms with E-state index in [1.165, 1.54) is 0 Å². The third-order valence-electron chi connectivity index (χ3n) is 4.01. The first-order valence-electron chi connectivity index (χ1n) is 9.18. The van der Waals surface area contributed by atoms with Crippen molar-refractivity contribution >= 4 is 28.1 Å². The van der Waals surface area contributed by atoms with Crippen LogP contribution in [0.15, 0.2) is 82.4 Å². The van der Waals surface area contributed by atoms with Crippen LogP contribution >= 0.6 is 15.9 Å². The van der Waals surface area contributed by atoms with Gasteiger partial charge in [0.2, 0.25) is 0 Å². The molecular weight excluding hydrogens is 432 g/mol. The van der Waals surface area contributed by atoms with Crippen LogP contribution in [0.1, 0.15) is 28.4 Å². The van der Waals surface area contributed by atoms with Crippen LogP contribution < -0.4 is 14.9 Å². The van der Waals surface area contributed by atoms with Gasteiger partial charge in [-0.15, -0.1) is 0 Å². The number of rotatable bonds is 8. The smallest absolute Gasteiger partial charge is 0.271 e. The first kappa shape index (κ1) is 20.6. The van der Waals surface area contributed by atoms with Gasteiger partial charge < -0.3 is 9.47 Å². The minimum atomic E-state index is -0.302. The van der Waals surface area contributed by atoms with E-state index in [4.69, 9.17) is 9.47 Å². The summed E-state index contributed by atoms with van der Waals surface area (Å²) >= 11 is 3.42. The van der Waals surface area contributed by atoms with E-state index in [0.29, 0.717) is 30.3 Å². The normalized spacial score (nSPS) is 10.7. The monoisotopic (exact) mass is 452 g/mol. The summed E-state index contributed by atoms with van der Waals surface area (Å²) in [4.78, 5) is 12.3. The van der Waals surface area contributed by atoms with E-state index in [1.54, 1.807) is 30.5 Å². The predicted molar refractivity (Wildman–Crippen MR) is 118 cm³/mol. The molecular formula is C23H21BrN2O3. The highest BCUT2D eigenvalue weighted by Crippen LogP contribution is 2.21. The number of nitrogens with one attached hydrogen (secondary N) is 1. The van der Waals surface area contributed by atoms with Crippen molar-refractivity contribution in [3.63, 3.8) is 0 Å². The number of hydrogen-bond acceptors (Lipinski definition) is 4. The molecule has 0 fully saturated rings. The second kappa shape index (κ2) is 10.4. The van der Waals surface area contributed by atoms with Crippen molar-refractivity contribution in [3.05, 3.63) is 94.0 Å². The number of hydrogen-bond donors (Lipinski definition) is 1. The van der Waals surface area contributed by atoms with Crippen LogP contribution in [-0.4, -0.2) is 18.7 Å². The molecule has 6 heteroatoms. The molecule has 0 unspecified atom stereocenters. The number of carbonyl (C=O) groups is 1. The molecule has 0 saturated carbocycles. The lowest BCUT2D eigenvalue weighted by Gasteiger charge is -2.08. The number of carbonyl (C=O) groups excluding carboxylic acids is 1. The van der Waals surface area contributed by atoms with Gasteiger partial charge in [-0.2, -0.15) is 5.10 Å². The molecule has 29 heavy (non-hydrogen) atoms. The number of hydrazone groups is 1. The maximum atomic E-state index is 12.3. The van der Waals surface area contributed by atoms with E-state index >= 15 is 0 Å². The summed E-state index contributed by atoms with van der Waals surface area (Å²) in [5.41, 5.74) is 4.88. The minimum Gasteiger partial charge on any atom is -0.493 e. The molecule has 0 radical (unpaired) electrons. The zero-order valence-corrected chi connectivity index (χ0v) is 17.6. The summed E-state index contributed by atoms with van der Waals surface area (Å²) in [5, 5.41) is 4.04. The molecule has 0 aromatic heterocycles. The Morgan fingerprint density at radius 3 is 2.52 bits per heavy atom. The Hall–Kier alpha value is -3.12. The Labute approximate surface area is 178 Å². The van der Waals surface area contributed by atoms with Gasteiger partial charge in [0, 0.05) is 15.6 Å². The van der Waals surface area contributed by atoms with Gasteiger partial charge in [0.05, 0.1) is 12.8 Å². The zero-order valence-electron chi connectivity index (χ0n) is 16.0. The number of benzene rings is 3. The largest absolute Gasteiger partial charge is 0.493 e. The van der Waals surface area contributed by atoms with Crippen LogP contribution in [-0.2, 0) is 6.61 Å². The molecule has 1 amide bonds. The van der Waals surface area contributed by atoms with Gasteiger partial charge in [-0.1, -0.05) is 46.3 Å². The molecule has 0 heterocycles. The summed E-state index contributed by atoms with van der Waals surface area (Å²) < 4.78 is 12.2. The summed E-state index contributed by atoms with van der Waals surface area (Å²) in [5.74, 6) is 1.10. The fourth-order valence-electron chi connectivity index (χ4n) is 2.58. The first-order valence-corrected chi connectivity index (χ1v) is 9.97. The molecule has 0 atom stereocenters. The van der Waals surface area contributed by atoms with Gasteiger partial charge in [0.25, 0.3) is 5.91 Å². The van der Waals surface area contributed by atoms with E-state index in [0.717, 1.165) is 15.6 Å². The van der Waals surface area contributed by atoms with Crippen LogP contribution in [0.4, 0.5) is 0 Å². The molecule has 3 aromatic carbocycles. The molecule has 0 bridgehead atoms. The van der Waals surface area contributed by atoms with Crippen molar-refractivity contribution in [1.82, 2.24) is 5.43 Å². The van der Waals surface area contributed by atoms with Crippen molar-refractivity contribution in [2.75, 3.05) is 6.61 Å². The lowest BCUT2D eigenvalue weighted by Crippen LogP contribution is -2.17. The van der Waals surface area contributed by atoms with E-state index in [1.807, 2.05) is 55.5 Å². The van der Waals surface area contributed by atoms with Crippen molar-refractivity contribution < 1.29 is 14.3 Å². The van der Waals surface area contributed by atoms with Gasteiger partial charge in [-0.05, 0) is 55.0 Å². The quantitative estimate of drug-likeness (QED) is 0.377. The Kier molecular flexibility index (Phi) is 7.41. The summed E-state index contributed by atoms with van der Waals surface area (Å²) in [6.07, 6.45) is 1.56. The lowest BCUT2D eigenvalue weighted by atomic mass is 10.2. The van der Waals surface area contributed by atoms with Crippen LogP contribution in [0.25, 0.3) is 0 Å². The van der Waals surface area contributed by atoms with Gasteiger partial charge in [0.15, 0.2) is 0 Å². The van der Waals surface area contributed by atoms with Crippen molar-refractivity contribution in [2.24, 2.45) is 5.10 Å². The lowest BCUT2D eigenvalue weighted by molar-refractivity contribution is 0.0955. The zero-order chi connectivity index (χ0) is 20.5. The molecule has 1 N–H and O–H groups in total. The van der Waals surface area contributed by atoms with Crippen LogP contribution in [0.5, 0.6) is 11.5 Å². The number of amides is 1. The summed E-state index contributed by atoms with van der Waals surface area (Å²) in [6.45, 7) is 2.94. The van der Waals surface area contributed by atoms with Crippen molar-refractivity contribution in [1.29, 1.82) is 0 Å². The molecule has 148 valence electrons. The highest BCUT2D eigenvalue weighted by atomic mass is 79.9. The van der Waals surface area contributed by atoms with Gasteiger partial charge in [0.1, 0.15) is 18.1 Å². The Morgan fingerprint density at radius 2 is 1.79 bits per heavy atom. The molecule has 3 rings (SSSR count). The number of ether oxygens (including phenoxy) is 2. The van der Waals surface area contributed by atoms with Gasteiger partial charge >= 0.3 is 0 Å². The average molecular weight is 453 g/mol. The second-order valence-electron chi connectivity index (χ2n) is 6.11. The van der Waals surface area contributed by atoms with E-state index in [2.05, 4.69) is 26.5 Å². The Morgan fingerprint density at radius 1 is 1.03 bits per heavy atom. The van der Waals surface area contributed by atoms with Crippen molar-refractivity contribution in [3.8, 4) is 11.5 Å². The first-order chi connectivity index (χ1) is 14.2. The van der Waals surface area contributed by atoms with E-state index < -0.39 is 0 Å². The van der Waals surface area contributed by atoms with Crippen LogP contribution in [0.3, 0.4) is 0 Å². The average Bonchev–Trinajstić information content (AvgIpc) is 2.75. The third-order valence-corrected chi connectivity index (χ3v) is 4.50. The predicted octanol–water partition coefficient (Wildman–Crippen LogP) is 5.19. The minimum absolute atomic E-state index is 0.302. The van der Waals surface area contributed by atoms with Crippen molar-refractivity contribution in [2.45, 2.75) is 13.5 Å². The van der Waals surface area contributed by atoms with Gasteiger partial charge in [-0.3, -0.25) is 4.79 Å². The number of halogens is 1. The van der Waals surface area contributed by atoms with E-state index in [9.17, 15) is 4.79 Å². The topological polar surface area (TPSA) is 59.9 Å². The fraction of sp³-hybridized carbons (Fsp3) is 0.130. The molecule has 0 aliphatic rings. The van der Waals surface area contributed by atoms with Crippen LogP contribution in [0.2, 0.25) is 0 Å². The van der Waals surface area contributed by atoms with Gasteiger partial charge in [-0.25, -0.2) is 5.43 Å². The Bertz CT molecular complexity index is 973.